The highest BCUT2D eigenvalue weighted by atomic mass is 35.5. The predicted molar refractivity (Wildman–Crippen MR) is 190 cm³/mol. The first-order valence-corrected chi connectivity index (χ1v) is 17.0. The van der Waals surface area contributed by atoms with E-state index in [1.165, 1.54) is 17.3 Å². The molecule has 0 bridgehead atoms. The second-order valence-corrected chi connectivity index (χ2v) is 12.3. The summed E-state index contributed by atoms with van der Waals surface area (Å²) in [6.07, 6.45) is 0.756. The Morgan fingerprint density at radius 3 is 2.52 bits per heavy atom. The van der Waals surface area contributed by atoms with Gasteiger partial charge in [-0.15, -0.1) is 5.10 Å². The number of carbonyl (C=O) groups excluding carboxylic acids is 1. The summed E-state index contributed by atoms with van der Waals surface area (Å²) in [4.78, 5) is 19.0. The Balaban J connectivity index is 1.33. The molecule has 246 valence electrons. The number of ether oxygens (including phenoxy) is 3. The molecule has 0 saturated carbocycles. The summed E-state index contributed by atoms with van der Waals surface area (Å²) in [6.45, 7) is 4.72. The molecule has 4 aromatic carbocycles. The van der Waals surface area contributed by atoms with Gasteiger partial charge in [0.25, 0.3) is 5.91 Å². The molecule has 2 heterocycles. The molecule has 1 amide bonds. The van der Waals surface area contributed by atoms with Crippen LogP contribution in [-0.2, 0) is 17.0 Å². The van der Waals surface area contributed by atoms with Crippen molar-refractivity contribution in [1.29, 1.82) is 0 Å². The standard InChI is InChI=1S/C37H36ClN5O4S/c1-4-46-30-17-11-10-16-29(30)40-35(44)33-24(2)39-36-41-37(48-23-27-14-8-9-15-28(27)38)42-43(36)34(33)26-18-19-31(32(22-26)45-3)47-21-20-25-12-6-5-7-13-25/h5-19,22,34H,4,20-21,23H2,1-3H3,(H,40,44)(H,39,41,42). The van der Waals surface area contributed by atoms with Crippen LogP contribution in [0.25, 0.3) is 0 Å². The van der Waals surface area contributed by atoms with E-state index in [2.05, 4.69) is 22.8 Å². The average molecular weight is 682 g/mol. The van der Waals surface area contributed by atoms with Gasteiger partial charge in [0, 0.05) is 22.9 Å². The number of allylic oxidation sites excluding steroid dienone is 1. The molecule has 0 saturated heterocycles. The Morgan fingerprint density at radius 2 is 1.73 bits per heavy atom. The van der Waals surface area contributed by atoms with Crippen LogP contribution in [0.1, 0.15) is 36.6 Å². The minimum atomic E-state index is -0.630. The van der Waals surface area contributed by atoms with Gasteiger partial charge in [-0.3, -0.25) is 4.79 Å². The van der Waals surface area contributed by atoms with E-state index in [1.807, 2.05) is 98.8 Å². The first-order valence-electron chi connectivity index (χ1n) is 15.6. The molecule has 1 aromatic heterocycles. The smallest absolute Gasteiger partial charge is 0.255 e. The highest BCUT2D eigenvalue weighted by Gasteiger charge is 2.35. The van der Waals surface area contributed by atoms with E-state index in [-0.39, 0.29) is 5.91 Å². The van der Waals surface area contributed by atoms with E-state index in [0.717, 1.165) is 17.5 Å². The summed E-state index contributed by atoms with van der Waals surface area (Å²) >= 11 is 7.88. The van der Waals surface area contributed by atoms with Gasteiger partial charge in [-0.2, -0.15) is 4.98 Å². The van der Waals surface area contributed by atoms with Crippen LogP contribution in [-0.4, -0.2) is 41.0 Å². The fourth-order valence-electron chi connectivity index (χ4n) is 5.49. The number of carbonyl (C=O) groups is 1. The third-order valence-electron chi connectivity index (χ3n) is 7.82. The summed E-state index contributed by atoms with van der Waals surface area (Å²) in [5.74, 6) is 2.56. The topological polar surface area (TPSA) is 99.5 Å². The summed E-state index contributed by atoms with van der Waals surface area (Å²) in [7, 11) is 1.61. The van der Waals surface area contributed by atoms with Crippen molar-refractivity contribution in [3.8, 4) is 17.2 Å². The molecule has 9 nitrogen and oxygen atoms in total. The zero-order valence-electron chi connectivity index (χ0n) is 26.9. The molecular weight excluding hydrogens is 646 g/mol. The van der Waals surface area contributed by atoms with E-state index < -0.39 is 6.04 Å². The Labute approximate surface area is 289 Å². The van der Waals surface area contributed by atoms with Crippen LogP contribution >= 0.6 is 23.4 Å². The molecule has 0 radical (unpaired) electrons. The lowest BCUT2D eigenvalue weighted by Crippen LogP contribution is -2.31. The molecule has 1 unspecified atom stereocenters. The number of aromatic nitrogens is 3. The molecule has 11 heteroatoms. The lowest BCUT2D eigenvalue weighted by molar-refractivity contribution is -0.113. The SMILES string of the molecule is CCOc1ccccc1NC(=O)C1=C(C)Nc2nc(SCc3ccccc3Cl)nn2C1c1ccc(OCCc2ccccc2)c(OC)c1. The van der Waals surface area contributed by atoms with Gasteiger partial charge in [-0.1, -0.05) is 90.1 Å². The summed E-state index contributed by atoms with van der Waals surface area (Å²) in [6, 6.07) is 30.3. The Kier molecular flexibility index (Phi) is 10.5. The molecule has 1 atom stereocenters. The number of rotatable bonds is 13. The summed E-state index contributed by atoms with van der Waals surface area (Å²) in [5.41, 5.74) is 4.64. The maximum absolute atomic E-state index is 14.2. The molecule has 1 aliphatic heterocycles. The molecule has 0 aliphatic carbocycles. The normalized spacial score (nSPS) is 13.8. The number of hydrogen-bond acceptors (Lipinski definition) is 8. The quantitative estimate of drug-likeness (QED) is 0.120. The monoisotopic (exact) mass is 681 g/mol. The number of para-hydroxylation sites is 2. The van der Waals surface area contributed by atoms with E-state index in [4.69, 9.17) is 35.9 Å². The largest absolute Gasteiger partial charge is 0.493 e. The third-order valence-corrected chi connectivity index (χ3v) is 9.08. The second kappa shape index (κ2) is 15.3. The second-order valence-electron chi connectivity index (χ2n) is 11.0. The number of anilines is 2. The number of amides is 1. The van der Waals surface area contributed by atoms with E-state index >= 15 is 0 Å². The van der Waals surface area contributed by atoms with Crippen molar-refractivity contribution in [2.24, 2.45) is 0 Å². The maximum atomic E-state index is 14.2. The van der Waals surface area contributed by atoms with Gasteiger partial charge in [0.15, 0.2) is 11.5 Å². The minimum absolute atomic E-state index is 0.300. The fraction of sp³-hybridized carbons (Fsp3) is 0.216. The molecule has 6 rings (SSSR count). The van der Waals surface area contributed by atoms with Gasteiger partial charge in [0.05, 0.1) is 31.6 Å². The van der Waals surface area contributed by atoms with Crippen LogP contribution in [0.15, 0.2) is 113 Å². The summed E-state index contributed by atoms with van der Waals surface area (Å²) in [5, 5.41) is 12.5. The zero-order valence-corrected chi connectivity index (χ0v) is 28.5. The first-order chi connectivity index (χ1) is 23.4. The van der Waals surface area contributed by atoms with Crippen molar-refractivity contribution in [3.63, 3.8) is 0 Å². The average Bonchev–Trinajstić information content (AvgIpc) is 3.51. The molecule has 0 spiro atoms. The molecule has 5 aromatic rings. The summed E-state index contributed by atoms with van der Waals surface area (Å²) < 4.78 is 19.5. The number of fused-ring (bicyclic) bond motifs is 1. The van der Waals surface area contributed by atoms with Crippen LogP contribution in [0.3, 0.4) is 0 Å². The van der Waals surface area contributed by atoms with Gasteiger partial charge in [0.2, 0.25) is 11.1 Å². The van der Waals surface area contributed by atoms with Crippen LogP contribution in [0.2, 0.25) is 5.02 Å². The third kappa shape index (κ3) is 7.45. The van der Waals surface area contributed by atoms with Gasteiger partial charge < -0.3 is 24.8 Å². The molecule has 0 fully saturated rings. The minimum Gasteiger partial charge on any atom is -0.493 e. The van der Waals surface area contributed by atoms with Crippen molar-refractivity contribution in [3.05, 3.63) is 130 Å². The molecule has 2 N–H and O–H groups in total. The van der Waals surface area contributed by atoms with Crippen LogP contribution < -0.4 is 24.8 Å². The first kappa shape index (κ1) is 33.0. The molecule has 48 heavy (non-hydrogen) atoms. The number of thioether (sulfide) groups is 1. The molecular formula is C37H36ClN5O4S. The fourth-order valence-corrected chi connectivity index (χ4v) is 6.61. The number of methoxy groups -OCH3 is 1. The lowest BCUT2D eigenvalue weighted by Gasteiger charge is -2.29. The Morgan fingerprint density at radius 1 is 0.958 bits per heavy atom. The van der Waals surface area contributed by atoms with Crippen molar-refractivity contribution in [1.82, 2.24) is 14.8 Å². The van der Waals surface area contributed by atoms with E-state index in [1.54, 1.807) is 11.8 Å². The number of halogens is 1. The van der Waals surface area contributed by atoms with E-state index in [0.29, 0.717) is 69.3 Å². The number of hydrogen-bond donors (Lipinski definition) is 2. The Hall–Kier alpha value is -4.93. The van der Waals surface area contributed by atoms with Crippen LogP contribution in [0, 0.1) is 0 Å². The van der Waals surface area contributed by atoms with Crippen molar-refractivity contribution in [2.75, 3.05) is 31.0 Å². The van der Waals surface area contributed by atoms with Crippen LogP contribution in [0.4, 0.5) is 11.6 Å². The highest BCUT2D eigenvalue weighted by molar-refractivity contribution is 7.98. The van der Waals surface area contributed by atoms with E-state index in [9.17, 15) is 4.79 Å². The highest BCUT2D eigenvalue weighted by Crippen LogP contribution is 2.40. The molecule has 1 aliphatic rings. The van der Waals surface area contributed by atoms with Gasteiger partial charge in [0.1, 0.15) is 11.8 Å². The van der Waals surface area contributed by atoms with Crippen molar-refractivity contribution in [2.45, 2.75) is 37.2 Å². The van der Waals surface area contributed by atoms with Crippen molar-refractivity contribution >= 4 is 40.9 Å². The lowest BCUT2D eigenvalue weighted by atomic mass is 9.94. The number of benzene rings is 4. The van der Waals surface area contributed by atoms with Crippen molar-refractivity contribution < 1.29 is 19.0 Å². The van der Waals surface area contributed by atoms with Crippen LogP contribution in [0.5, 0.6) is 17.2 Å². The van der Waals surface area contributed by atoms with Gasteiger partial charge in [-0.05, 0) is 60.9 Å². The number of nitrogens with one attached hydrogen (secondary N) is 2. The Bertz CT molecular complexity index is 1930. The number of nitrogens with zero attached hydrogens (tertiary/aromatic N) is 3. The van der Waals surface area contributed by atoms with Gasteiger partial charge in [-0.25, -0.2) is 4.68 Å². The predicted octanol–water partition coefficient (Wildman–Crippen LogP) is 8.18. The van der Waals surface area contributed by atoms with Gasteiger partial charge >= 0.3 is 0 Å². The zero-order chi connectivity index (χ0) is 33.5. The maximum Gasteiger partial charge on any atom is 0.255 e.